The molecule has 2 N–H and O–H groups in total. The minimum Gasteiger partial charge on any atom is -0.408 e. The zero-order valence-electron chi connectivity index (χ0n) is 40.7. The molecule has 4 aromatic heterocycles. The molecule has 3 fully saturated rings. The molecular formula is C47H58N12O7P2S2Si. The standard InChI is InChI=1S/C47H58N12O7P2S2Si/c1-29-34-32-23-62-68(6,70)55-35-33(24-63-67(5,69)54-34)65-46(38(35)66-71(7,8)47(2,3)4)59-28-53-37-40(49-26-51-42(37)59)57(44(61)31-19-13-10-14-20-31)22-16-15-21-56(43(60)30-17-11-9-12-18-30)39-36-41(50-25-48-39)58(27-52-36)45(29)64-32/h9-20,25-29,32-35,38,45-46H,21-24H2,1-8H3,(H,54,69)(H,55,70)/b16-15+/t29?,32-,33-,34+,35-,38-,45-,46-,67?,68?/m1/s1. The summed E-state index contributed by atoms with van der Waals surface area (Å²) in [6, 6.07) is 17.1. The number of imidazole rings is 2. The van der Waals surface area contributed by atoms with Gasteiger partial charge in [-0.3, -0.25) is 38.7 Å². The van der Waals surface area contributed by atoms with E-state index < -0.39 is 58.0 Å². The number of fused-ring (bicyclic) bond motifs is 10. The van der Waals surface area contributed by atoms with Crippen LogP contribution in [0.1, 0.15) is 60.9 Å². The molecule has 19 nitrogen and oxygen atoms in total. The van der Waals surface area contributed by atoms with Gasteiger partial charge in [0.05, 0.1) is 38.0 Å². The van der Waals surface area contributed by atoms with Crippen molar-refractivity contribution in [2.24, 2.45) is 5.92 Å². The van der Waals surface area contributed by atoms with Crippen LogP contribution in [-0.2, 0) is 46.6 Å². The second-order valence-electron chi connectivity index (χ2n) is 20.0. The van der Waals surface area contributed by atoms with Crippen molar-refractivity contribution >= 4 is 90.5 Å². The summed E-state index contributed by atoms with van der Waals surface area (Å²) in [4.78, 5) is 61.0. The van der Waals surface area contributed by atoms with E-state index in [1.54, 1.807) is 46.7 Å². The molecule has 71 heavy (non-hydrogen) atoms. The van der Waals surface area contributed by atoms with Gasteiger partial charge in [0.2, 0.25) is 0 Å². The molecule has 14 bridgehead atoms. The molecule has 5 aliphatic rings. The maximum atomic E-state index is 14.7. The van der Waals surface area contributed by atoms with Crippen molar-refractivity contribution in [3.05, 3.63) is 109 Å². The molecule has 0 spiro atoms. The fourth-order valence-corrected chi connectivity index (χ4v) is 14.5. The molecule has 24 heteroatoms. The second-order valence-corrected chi connectivity index (χ2v) is 33.4. The smallest absolute Gasteiger partial charge is 0.259 e. The molecule has 3 saturated heterocycles. The Morgan fingerprint density at radius 2 is 1.14 bits per heavy atom. The van der Waals surface area contributed by atoms with Gasteiger partial charge in [-0.2, -0.15) is 0 Å². The van der Waals surface area contributed by atoms with Crippen molar-refractivity contribution in [1.29, 1.82) is 0 Å². The molecule has 2 aromatic carbocycles. The molecule has 0 radical (unpaired) electrons. The zero-order valence-corrected chi connectivity index (χ0v) is 45.1. The lowest BCUT2D eigenvalue weighted by molar-refractivity contribution is -0.0426. The molecule has 0 aliphatic carbocycles. The highest BCUT2D eigenvalue weighted by Gasteiger charge is 2.53. The quantitative estimate of drug-likeness (QED) is 0.102. The monoisotopic (exact) mass is 1060 g/mol. The van der Waals surface area contributed by atoms with Crippen molar-refractivity contribution in [3.63, 3.8) is 0 Å². The highest BCUT2D eigenvalue weighted by molar-refractivity contribution is 8.11. The number of anilines is 2. The lowest BCUT2D eigenvalue weighted by Crippen LogP contribution is -2.52. The van der Waals surface area contributed by atoms with Crippen LogP contribution in [0.5, 0.6) is 0 Å². The number of hydrogen-bond donors (Lipinski definition) is 2. The topological polar surface area (TPSA) is 198 Å². The Morgan fingerprint density at radius 1 is 0.690 bits per heavy atom. The van der Waals surface area contributed by atoms with Crippen LogP contribution in [0, 0.1) is 5.92 Å². The number of carbonyl (C=O) groups is 2. The number of nitrogens with one attached hydrogen (secondary N) is 2. The van der Waals surface area contributed by atoms with Gasteiger partial charge in [0.15, 0.2) is 48.5 Å². The van der Waals surface area contributed by atoms with E-state index in [-0.39, 0.29) is 60.9 Å². The lowest BCUT2D eigenvalue weighted by Gasteiger charge is -2.41. The molecule has 10 atom stereocenters. The van der Waals surface area contributed by atoms with Gasteiger partial charge in [0.25, 0.3) is 11.8 Å². The first-order valence-corrected chi connectivity index (χ1v) is 32.8. The third-order valence-corrected chi connectivity index (χ3v) is 22.6. The number of hydrogen-bond acceptors (Lipinski definition) is 15. The average molecular weight is 1060 g/mol. The van der Waals surface area contributed by atoms with Crippen LogP contribution in [0.4, 0.5) is 11.6 Å². The summed E-state index contributed by atoms with van der Waals surface area (Å²) in [5.74, 6) is -0.281. The summed E-state index contributed by atoms with van der Waals surface area (Å²) in [6.07, 6.45) is 0.999. The second kappa shape index (κ2) is 19.4. The molecular weight excluding hydrogens is 999 g/mol. The highest BCUT2D eigenvalue weighted by atomic mass is 32.5. The minimum atomic E-state index is -2.86. The van der Waals surface area contributed by atoms with Gasteiger partial charge in [-0.15, -0.1) is 0 Å². The summed E-state index contributed by atoms with van der Waals surface area (Å²) in [6.45, 7) is 17.2. The Morgan fingerprint density at radius 3 is 1.63 bits per heavy atom. The van der Waals surface area contributed by atoms with E-state index in [0.717, 1.165) is 0 Å². The Hall–Kier alpha value is -4.54. The first-order chi connectivity index (χ1) is 33.8. The third kappa shape index (κ3) is 9.75. The molecule has 5 aliphatic heterocycles. The summed E-state index contributed by atoms with van der Waals surface area (Å²) in [5, 5.41) is 7.28. The van der Waals surface area contributed by atoms with E-state index in [9.17, 15) is 9.59 Å². The largest absolute Gasteiger partial charge is 0.408 e. The summed E-state index contributed by atoms with van der Waals surface area (Å²) in [7, 11) is -2.56. The van der Waals surface area contributed by atoms with E-state index in [4.69, 9.17) is 71.5 Å². The number of aromatic nitrogens is 8. The predicted octanol–water partition coefficient (Wildman–Crippen LogP) is 7.19. The summed E-state index contributed by atoms with van der Waals surface area (Å²) < 4.78 is 38.8. The average Bonchev–Trinajstić information content (AvgIpc) is 4.12. The first kappa shape index (κ1) is 50.0. The molecule has 6 aromatic rings. The Bertz CT molecular complexity index is 3110. The lowest BCUT2D eigenvalue weighted by atomic mass is 10.00. The van der Waals surface area contributed by atoms with Gasteiger partial charge in [-0.1, -0.05) is 99.9 Å². The van der Waals surface area contributed by atoms with E-state index >= 15 is 0 Å². The molecule has 3 unspecified atom stereocenters. The van der Waals surface area contributed by atoms with E-state index in [2.05, 4.69) is 55.9 Å². The molecule has 2 amide bonds. The number of benzene rings is 2. The maximum Gasteiger partial charge on any atom is 0.259 e. The number of amides is 2. The highest BCUT2D eigenvalue weighted by Crippen LogP contribution is 2.51. The van der Waals surface area contributed by atoms with Crippen molar-refractivity contribution in [1.82, 2.24) is 49.2 Å². The predicted molar refractivity (Wildman–Crippen MR) is 281 cm³/mol. The number of carbonyl (C=O) groups excluding carboxylic acids is 2. The molecule has 0 saturated carbocycles. The Kier molecular flexibility index (Phi) is 13.7. The van der Waals surface area contributed by atoms with Crippen molar-refractivity contribution in [2.45, 2.75) is 88.7 Å². The summed E-state index contributed by atoms with van der Waals surface area (Å²) >= 11 is 12.7. The number of ether oxygens (including phenoxy) is 2. The first-order valence-electron chi connectivity index (χ1n) is 23.5. The maximum absolute atomic E-state index is 14.7. The fraction of sp³-hybridized carbons (Fsp3) is 0.447. The fourth-order valence-electron chi connectivity index (χ4n) is 9.33. The Labute approximate surface area is 423 Å². The van der Waals surface area contributed by atoms with Gasteiger partial charge in [-0.25, -0.2) is 29.9 Å². The molecule has 374 valence electrons. The normalized spacial score (nSPS) is 30.1. The number of rotatable bonds is 4. The van der Waals surface area contributed by atoms with Crippen LogP contribution in [0.25, 0.3) is 22.3 Å². The van der Waals surface area contributed by atoms with Crippen molar-refractivity contribution in [2.75, 3.05) is 49.4 Å². The summed E-state index contributed by atoms with van der Waals surface area (Å²) in [5.41, 5.74) is 2.52. The Balaban J connectivity index is 1.16. The van der Waals surface area contributed by atoms with Gasteiger partial charge in [0.1, 0.15) is 43.9 Å². The van der Waals surface area contributed by atoms with Crippen molar-refractivity contribution < 1.29 is 32.5 Å². The van der Waals surface area contributed by atoms with Crippen LogP contribution in [-0.4, -0.2) is 129 Å². The van der Waals surface area contributed by atoms with Crippen LogP contribution < -0.4 is 20.0 Å². The van der Waals surface area contributed by atoms with Crippen LogP contribution in [0.3, 0.4) is 0 Å². The van der Waals surface area contributed by atoms with Gasteiger partial charge in [0, 0.05) is 49.5 Å². The van der Waals surface area contributed by atoms with Gasteiger partial charge < -0.3 is 22.9 Å². The third-order valence-electron chi connectivity index (χ3n) is 14.1. The van der Waals surface area contributed by atoms with Gasteiger partial charge in [-0.05, 0) is 42.4 Å². The van der Waals surface area contributed by atoms with Gasteiger partial charge >= 0.3 is 0 Å². The molecule has 11 rings (SSSR count). The zero-order chi connectivity index (χ0) is 50.0. The van der Waals surface area contributed by atoms with Crippen molar-refractivity contribution in [3.8, 4) is 0 Å². The van der Waals surface area contributed by atoms with Crippen LogP contribution in [0.15, 0.2) is 98.1 Å². The van der Waals surface area contributed by atoms with Crippen LogP contribution >= 0.6 is 12.8 Å². The SMILES string of the molecule is CC1[C@H]2O[C@@H]3COP(C)(=S)N[C@H]4[C@@H](O[Si](C)(C)C(C)(C)C)[C@@H](O[C@@H]4COP(C)(=S)N[C@@H]13)n1cnc3c(ncnc31)N(C(=O)c1ccccc1)C/C=C/CN(C(=O)c1ccccc1)c1ncnc3c1ncn32. The van der Waals surface area contributed by atoms with E-state index in [0.29, 0.717) is 39.3 Å². The van der Waals surface area contributed by atoms with E-state index in [1.165, 1.54) is 12.7 Å². The van der Waals surface area contributed by atoms with E-state index in [1.807, 2.05) is 71.0 Å². The number of nitrogens with zero attached hydrogens (tertiary/aromatic N) is 10. The molecule has 9 heterocycles. The minimum absolute atomic E-state index is 0.0493. The van der Waals surface area contributed by atoms with Crippen LogP contribution in [0.2, 0.25) is 18.1 Å².